The van der Waals surface area contributed by atoms with E-state index in [4.69, 9.17) is 4.74 Å². The lowest BCUT2D eigenvalue weighted by molar-refractivity contribution is -0.129. The van der Waals surface area contributed by atoms with Gasteiger partial charge in [-0.1, -0.05) is 72.8 Å². The number of urea groups is 1. The number of nitrogens with one attached hydrogen (secondary N) is 2. The van der Waals surface area contributed by atoms with Crippen LogP contribution in [0.4, 0.5) is 4.79 Å². The topological polar surface area (TPSA) is 84.5 Å². The van der Waals surface area contributed by atoms with Crippen LogP contribution < -0.4 is 10.6 Å². The molecule has 3 rings (SSSR count). The van der Waals surface area contributed by atoms with Crippen LogP contribution in [-0.2, 0) is 9.53 Å². The lowest BCUT2D eigenvalue weighted by Crippen LogP contribution is -2.41. The molecule has 3 aromatic carbocycles. The van der Waals surface area contributed by atoms with E-state index in [0.717, 1.165) is 11.1 Å². The molecule has 1 unspecified atom stereocenters. The molecule has 2 N–H and O–H groups in total. The summed E-state index contributed by atoms with van der Waals surface area (Å²) in [4.78, 5) is 36.6. The van der Waals surface area contributed by atoms with Gasteiger partial charge in [-0.2, -0.15) is 0 Å². The van der Waals surface area contributed by atoms with Gasteiger partial charge in [0, 0.05) is 12.6 Å². The first-order valence-electron chi connectivity index (χ1n) is 9.02. The highest BCUT2D eigenvalue weighted by Crippen LogP contribution is 2.22. The molecule has 0 spiro atoms. The monoisotopic (exact) mass is 388 g/mol. The third-order valence-electron chi connectivity index (χ3n) is 4.26. The Balaban J connectivity index is 1.79. The maximum absolute atomic E-state index is 12.6. The zero-order valence-corrected chi connectivity index (χ0v) is 15.8. The van der Waals surface area contributed by atoms with Crippen molar-refractivity contribution in [2.45, 2.75) is 6.10 Å². The van der Waals surface area contributed by atoms with Crippen molar-refractivity contribution < 1.29 is 19.1 Å². The first-order valence-corrected chi connectivity index (χ1v) is 9.02. The number of ether oxygens (including phenoxy) is 1. The Morgan fingerprint density at radius 3 is 1.90 bits per heavy atom. The van der Waals surface area contributed by atoms with Crippen molar-refractivity contribution in [2.24, 2.45) is 0 Å². The van der Waals surface area contributed by atoms with Crippen molar-refractivity contribution in [3.63, 3.8) is 0 Å². The molecule has 3 amide bonds. The summed E-state index contributed by atoms with van der Waals surface area (Å²) >= 11 is 0. The molecule has 0 aliphatic rings. The van der Waals surface area contributed by atoms with Gasteiger partial charge in [0.2, 0.25) is 6.10 Å². The molecule has 3 aromatic rings. The van der Waals surface area contributed by atoms with E-state index in [2.05, 4.69) is 10.6 Å². The van der Waals surface area contributed by atoms with Gasteiger partial charge in [0.25, 0.3) is 5.91 Å². The minimum absolute atomic E-state index is 0.304. The van der Waals surface area contributed by atoms with Gasteiger partial charge < -0.3 is 10.1 Å². The van der Waals surface area contributed by atoms with Crippen LogP contribution in [0.15, 0.2) is 84.9 Å². The smallest absolute Gasteiger partial charge is 0.339 e. The van der Waals surface area contributed by atoms with E-state index in [1.54, 1.807) is 42.5 Å². The van der Waals surface area contributed by atoms with Crippen molar-refractivity contribution in [2.75, 3.05) is 7.05 Å². The Morgan fingerprint density at radius 1 is 0.759 bits per heavy atom. The molecule has 0 bridgehead atoms. The normalized spacial score (nSPS) is 11.2. The van der Waals surface area contributed by atoms with Crippen LogP contribution in [0.1, 0.15) is 22.0 Å². The highest BCUT2D eigenvalue weighted by atomic mass is 16.5. The van der Waals surface area contributed by atoms with Crippen LogP contribution in [0, 0.1) is 0 Å². The molecule has 1 atom stereocenters. The van der Waals surface area contributed by atoms with Gasteiger partial charge in [-0.25, -0.2) is 9.59 Å². The molecule has 0 radical (unpaired) electrons. The number of carbonyl (C=O) groups is 3. The SMILES string of the molecule is CNC(=O)NC(=O)C(OC(=O)c1ccc(-c2ccccc2)cc1)c1ccccc1. The minimum atomic E-state index is -1.25. The molecule has 0 aliphatic heterocycles. The zero-order valence-electron chi connectivity index (χ0n) is 15.8. The Labute approximate surface area is 168 Å². The number of carbonyl (C=O) groups excluding carboxylic acids is 3. The fourth-order valence-corrected chi connectivity index (χ4v) is 2.75. The molecule has 6 heteroatoms. The summed E-state index contributed by atoms with van der Waals surface area (Å²) in [6.45, 7) is 0. The van der Waals surface area contributed by atoms with E-state index in [-0.39, 0.29) is 0 Å². The first-order chi connectivity index (χ1) is 14.1. The summed E-state index contributed by atoms with van der Waals surface area (Å²) in [6, 6.07) is 24.5. The van der Waals surface area contributed by atoms with Crippen molar-refractivity contribution in [1.82, 2.24) is 10.6 Å². The average Bonchev–Trinajstić information content (AvgIpc) is 2.78. The van der Waals surface area contributed by atoms with Crippen LogP contribution in [0.25, 0.3) is 11.1 Å². The van der Waals surface area contributed by atoms with Gasteiger partial charge in [-0.3, -0.25) is 10.1 Å². The maximum Gasteiger partial charge on any atom is 0.339 e. The van der Waals surface area contributed by atoms with Gasteiger partial charge in [0.15, 0.2) is 0 Å². The summed E-state index contributed by atoms with van der Waals surface area (Å²) in [5.41, 5.74) is 2.75. The van der Waals surface area contributed by atoms with E-state index in [1.807, 2.05) is 42.5 Å². The number of hydrogen-bond acceptors (Lipinski definition) is 4. The first kappa shape index (κ1) is 19.8. The molecule has 0 heterocycles. The van der Waals surface area contributed by atoms with Crippen molar-refractivity contribution in [1.29, 1.82) is 0 Å². The standard InChI is InChI=1S/C23H20N2O4/c1-24-23(28)25-21(26)20(18-10-6-3-7-11-18)29-22(27)19-14-12-17(13-15-19)16-8-4-2-5-9-16/h2-15,20H,1H3,(H2,24,25,26,28). The zero-order chi connectivity index (χ0) is 20.6. The molecular weight excluding hydrogens is 368 g/mol. The predicted octanol–water partition coefficient (Wildman–Crippen LogP) is 3.71. The summed E-state index contributed by atoms with van der Waals surface area (Å²) in [5.74, 6) is -1.39. The Kier molecular flexibility index (Phi) is 6.37. The van der Waals surface area contributed by atoms with E-state index in [1.165, 1.54) is 7.05 Å². The van der Waals surface area contributed by atoms with E-state index >= 15 is 0 Å². The van der Waals surface area contributed by atoms with E-state index in [0.29, 0.717) is 11.1 Å². The molecule has 0 saturated heterocycles. The second kappa shape index (κ2) is 9.32. The van der Waals surface area contributed by atoms with Crippen molar-refractivity contribution in [3.8, 4) is 11.1 Å². The molecular formula is C23H20N2O4. The largest absolute Gasteiger partial charge is 0.444 e. The van der Waals surface area contributed by atoms with Gasteiger partial charge in [0.1, 0.15) is 0 Å². The number of imide groups is 1. The van der Waals surface area contributed by atoms with Gasteiger partial charge >= 0.3 is 12.0 Å². The summed E-state index contributed by atoms with van der Waals surface area (Å²) in [7, 11) is 1.39. The Hall–Kier alpha value is -3.93. The second-order valence-corrected chi connectivity index (χ2v) is 6.21. The Morgan fingerprint density at radius 2 is 1.31 bits per heavy atom. The van der Waals surface area contributed by atoms with Crippen molar-refractivity contribution >= 4 is 17.9 Å². The third kappa shape index (κ3) is 5.07. The second-order valence-electron chi connectivity index (χ2n) is 6.21. The maximum atomic E-state index is 12.6. The van der Waals surface area contributed by atoms with Gasteiger partial charge in [-0.15, -0.1) is 0 Å². The molecule has 0 saturated carbocycles. The predicted molar refractivity (Wildman–Crippen MR) is 109 cm³/mol. The van der Waals surface area contributed by atoms with Crippen LogP contribution in [0.2, 0.25) is 0 Å². The highest BCUT2D eigenvalue weighted by Gasteiger charge is 2.26. The summed E-state index contributed by atoms with van der Waals surface area (Å²) in [6.07, 6.45) is -1.25. The summed E-state index contributed by atoms with van der Waals surface area (Å²) < 4.78 is 5.44. The minimum Gasteiger partial charge on any atom is -0.444 e. The van der Waals surface area contributed by atoms with Gasteiger partial charge in [-0.05, 0) is 23.3 Å². The number of benzene rings is 3. The van der Waals surface area contributed by atoms with Crippen molar-refractivity contribution in [3.05, 3.63) is 96.1 Å². The third-order valence-corrected chi connectivity index (χ3v) is 4.26. The lowest BCUT2D eigenvalue weighted by Gasteiger charge is -2.17. The quantitative estimate of drug-likeness (QED) is 0.653. The fourth-order valence-electron chi connectivity index (χ4n) is 2.75. The van der Waals surface area contributed by atoms with E-state index in [9.17, 15) is 14.4 Å². The molecule has 146 valence electrons. The van der Waals surface area contributed by atoms with Gasteiger partial charge in [0.05, 0.1) is 5.56 Å². The van der Waals surface area contributed by atoms with Crippen LogP contribution in [0.3, 0.4) is 0 Å². The molecule has 0 fully saturated rings. The number of hydrogen-bond donors (Lipinski definition) is 2. The number of amides is 3. The summed E-state index contributed by atoms with van der Waals surface area (Å²) in [5, 5.41) is 4.45. The molecule has 6 nitrogen and oxygen atoms in total. The molecule has 29 heavy (non-hydrogen) atoms. The van der Waals surface area contributed by atoms with E-state index < -0.39 is 24.0 Å². The highest BCUT2D eigenvalue weighted by molar-refractivity contribution is 5.99. The average molecular weight is 388 g/mol. The van der Waals surface area contributed by atoms with Crippen LogP contribution in [-0.4, -0.2) is 25.0 Å². The number of esters is 1. The van der Waals surface area contributed by atoms with Crippen LogP contribution >= 0.6 is 0 Å². The lowest BCUT2D eigenvalue weighted by atomic mass is 10.0. The molecule has 0 aromatic heterocycles. The fraction of sp³-hybridized carbons (Fsp3) is 0.0870. The molecule has 0 aliphatic carbocycles. The Bertz CT molecular complexity index is 986. The van der Waals surface area contributed by atoms with Crippen LogP contribution in [0.5, 0.6) is 0 Å². The number of rotatable bonds is 5.